The first kappa shape index (κ1) is 17.3. The van der Waals surface area contributed by atoms with E-state index in [-0.39, 0.29) is 5.91 Å². The lowest BCUT2D eigenvalue weighted by atomic mass is 10.0. The number of piperidine rings is 1. The molecular formula is C16H26N4O3. The molecule has 1 atom stereocenters. The summed E-state index contributed by atoms with van der Waals surface area (Å²) in [5.74, 6) is 1.01. The van der Waals surface area contributed by atoms with Crippen LogP contribution in [0.2, 0.25) is 0 Å². The minimum atomic E-state index is -0.413. The summed E-state index contributed by atoms with van der Waals surface area (Å²) in [5, 5.41) is 0. The second kappa shape index (κ2) is 7.99. The van der Waals surface area contributed by atoms with Gasteiger partial charge in [-0.05, 0) is 25.7 Å². The van der Waals surface area contributed by atoms with Crippen molar-refractivity contribution in [2.75, 3.05) is 27.2 Å². The molecule has 1 aliphatic heterocycles. The fourth-order valence-corrected chi connectivity index (χ4v) is 3.00. The highest BCUT2D eigenvalue weighted by Gasteiger charge is 2.34. The third kappa shape index (κ3) is 4.24. The highest BCUT2D eigenvalue weighted by molar-refractivity contribution is 5.85. The van der Waals surface area contributed by atoms with Crippen molar-refractivity contribution in [3.05, 3.63) is 18.2 Å². The molecule has 1 aromatic rings. The molecule has 7 nitrogen and oxygen atoms in total. The number of methoxy groups -OCH3 is 1. The fraction of sp³-hybridized carbons (Fsp3) is 0.688. The van der Waals surface area contributed by atoms with E-state index in [0.29, 0.717) is 19.5 Å². The van der Waals surface area contributed by atoms with Crippen molar-refractivity contribution in [1.82, 2.24) is 19.4 Å². The SMILES string of the molecule is COC(=O)N1CCCC[C@H]1C(=O)N(C)CCCc1nccn1C. The third-order valence-corrected chi connectivity index (χ3v) is 4.39. The summed E-state index contributed by atoms with van der Waals surface area (Å²) < 4.78 is 6.79. The molecule has 128 valence electrons. The van der Waals surface area contributed by atoms with Crippen LogP contribution < -0.4 is 0 Å². The zero-order valence-corrected chi connectivity index (χ0v) is 14.2. The van der Waals surface area contributed by atoms with Crippen LogP contribution in [-0.4, -0.2) is 64.6 Å². The Labute approximate surface area is 137 Å². The lowest BCUT2D eigenvalue weighted by molar-refractivity contribution is -0.136. The largest absolute Gasteiger partial charge is 0.453 e. The van der Waals surface area contributed by atoms with E-state index < -0.39 is 12.1 Å². The number of rotatable bonds is 5. The molecule has 7 heteroatoms. The first-order valence-electron chi connectivity index (χ1n) is 8.10. The number of aromatic nitrogens is 2. The Morgan fingerprint density at radius 3 is 2.87 bits per heavy atom. The van der Waals surface area contributed by atoms with Gasteiger partial charge in [0.1, 0.15) is 11.9 Å². The standard InChI is InChI=1S/C16H26N4O3/c1-18-12-9-17-14(18)8-6-10-19(2)15(21)13-7-4-5-11-20(13)16(22)23-3/h9,12-13H,4-8,10-11H2,1-3H3/t13-/m0/s1. The Morgan fingerprint density at radius 2 is 2.22 bits per heavy atom. The Kier molecular flexibility index (Phi) is 6.01. The fourth-order valence-electron chi connectivity index (χ4n) is 3.00. The lowest BCUT2D eigenvalue weighted by Gasteiger charge is -2.35. The number of aryl methyl sites for hydroxylation is 2. The van der Waals surface area contributed by atoms with Crippen LogP contribution >= 0.6 is 0 Å². The van der Waals surface area contributed by atoms with Gasteiger partial charge in [0.2, 0.25) is 5.91 Å². The van der Waals surface area contributed by atoms with Crippen LogP contribution in [0, 0.1) is 0 Å². The molecule has 1 aromatic heterocycles. The van der Waals surface area contributed by atoms with Crippen LogP contribution in [0.5, 0.6) is 0 Å². The van der Waals surface area contributed by atoms with Crippen molar-refractivity contribution < 1.29 is 14.3 Å². The summed E-state index contributed by atoms with van der Waals surface area (Å²) in [7, 11) is 5.12. The van der Waals surface area contributed by atoms with Crippen molar-refractivity contribution in [2.45, 2.75) is 38.1 Å². The first-order valence-corrected chi connectivity index (χ1v) is 8.10. The quantitative estimate of drug-likeness (QED) is 0.822. The Morgan fingerprint density at radius 1 is 1.43 bits per heavy atom. The van der Waals surface area contributed by atoms with E-state index in [4.69, 9.17) is 4.74 Å². The smallest absolute Gasteiger partial charge is 0.410 e. The Bertz CT molecular complexity index is 543. The Balaban J connectivity index is 1.87. The van der Waals surface area contributed by atoms with Crippen LogP contribution in [0.25, 0.3) is 0 Å². The van der Waals surface area contributed by atoms with Gasteiger partial charge in [0, 0.05) is 46.0 Å². The average molecular weight is 322 g/mol. The van der Waals surface area contributed by atoms with Crippen molar-refractivity contribution in [2.24, 2.45) is 7.05 Å². The molecule has 1 fully saturated rings. The minimum Gasteiger partial charge on any atom is -0.453 e. The number of ether oxygens (including phenoxy) is 1. The van der Waals surface area contributed by atoms with E-state index >= 15 is 0 Å². The molecule has 2 heterocycles. The van der Waals surface area contributed by atoms with Gasteiger partial charge in [0.25, 0.3) is 0 Å². The molecule has 0 bridgehead atoms. The highest BCUT2D eigenvalue weighted by atomic mass is 16.5. The molecule has 1 saturated heterocycles. The molecule has 1 aliphatic rings. The second-order valence-electron chi connectivity index (χ2n) is 5.99. The topological polar surface area (TPSA) is 67.7 Å². The summed E-state index contributed by atoms with van der Waals surface area (Å²) in [6.45, 7) is 1.24. The number of carbonyl (C=O) groups excluding carboxylic acids is 2. The highest BCUT2D eigenvalue weighted by Crippen LogP contribution is 2.19. The van der Waals surface area contributed by atoms with E-state index in [9.17, 15) is 9.59 Å². The van der Waals surface area contributed by atoms with Crippen molar-refractivity contribution in [3.8, 4) is 0 Å². The minimum absolute atomic E-state index is 0.00468. The summed E-state index contributed by atoms with van der Waals surface area (Å²) in [6, 6.07) is -0.394. The number of imidazole rings is 1. The summed E-state index contributed by atoms with van der Waals surface area (Å²) >= 11 is 0. The van der Waals surface area contributed by atoms with E-state index in [1.807, 2.05) is 17.8 Å². The first-order chi connectivity index (χ1) is 11.0. The third-order valence-electron chi connectivity index (χ3n) is 4.39. The van der Waals surface area contributed by atoms with Crippen LogP contribution in [-0.2, 0) is 23.0 Å². The lowest BCUT2D eigenvalue weighted by Crippen LogP contribution is -2.52. The molecule has 0 spiro atoms. The van der Waals surface area contributed by atoms with Crippen LogP contribution in [0.3, 0.4) is 0 Å². The summed E-state index contributed by atoms with van der Waals surface area (Å²) in [4.78, 5) is 32.0. The Hall–Kier alpha value is -2.05. The maximum atomic E-state index is 12.6. The van der Waals surface area contributed by atoms with E-state index in [2.05, 4.69) is 4.98 Å². The second-order valence-corrected chi connectivity index (χ2v) is 5.99. The molecule has 2 amide bonds. The number of carbonyl (C=O) groups is 2. The number of likely N-dealkylation sites (N-methyl/N-ethyl adjacent to an activating group) is 1. The molecule has 0 radical (unpaired) electrons. The number of hydrogen-bond donors (Lipinski definition) is 0. The van der Waals surface area contributed by atoms with E-state index in [1.165, 1.54) is 7.11 Å². The van der Waals surface area contributed by atoms with Gasteiger partial charge in [-0.15, -0.1) is 0 Å². The van der Waals surface area contributed by atoms with E-state index in [1.54, 1.807) is 23.0 Å². The normalized spacial score (nSPS) is 17.9. The van der Waals surface area contributed by atoms with Crippen LogP contribution in [0.4, 0.5) is 4.79 Å². The molecule has 0 aromatic carbocycles. The average Bonchev–Trinajstić information content (AvgIpc) is 2.98. The van der Waals surface area contributed by atoms with Gasteiger partial charge in [-0.2, -0.15) is 0 Å². The zero-order valence-electron chi connectivity index (χ0n) is 14.2. The molecule has 0 unspecified atom stereocenters. The molecule has 0 N–H and O–H groups in total. The molecular weight excluding hydrogens is 296 g/mol. The van der Waals surface area contributed by atoms with Crippen LogP contribution in [0.1, 0.15) is 31.5 Å². The molecule has 0 aliphatic carbocycles. The van der Waals surface area contributed by atoms with Crippen molar-refractivity contribution in [3.63, 3.8) is 0 Å². The van der Waals surface area contributed by atoms with Gasteiger partial charge >= 0.3 is 6.09 Å². The van der Waals surface area contributed by atoms with Crippen LogP contribution in [0.15, 0.2) is 12.4 Å². The maximum Gasteiger partial charge on any atom is 0.410 e. The van der Waals surface area contributed by atoms with Gasteiger partial charge in [0.15, 0.2) is 0 Å². The monoisotopic (exact) mass is 322 g/mol. The van der Waals surface area contributed by atoms with Gasteiger partial charge < -0.3 is 14.2 Å². The van der Waals surface area contributed by atoms with Gasteiger partial charge in [-0.1, -0.05) is 0 Å². The van der Waals surface area contributed by atoms with Gasteiger partial charge in [0.05, 0.1) is 7.11 Å². The number of likely N-dealkylation sites (tertiary alicyclic amines) is 1. The summed E-state index contributed by atoms with van der Waals surface area (Å²) in [6.07, 6.45) is 7.54. The number of amides is 2. The molecule has 23 heavy (non-hydrogen) atoms. The van der Waals surface area contributed by atoms with Gasteiger partial charge in [-0.3, -0.25) is 9.69 Å². The summed E-state index contributed by atoms with van der Waals surface area (Å²) in [5.41, 5.74) is 0. The van der Waals surface area contributed by atoms with Crippen molar-refractivity contribution >= 4 is 12.0 Å². The predicted molar refractivity (Wildman–Crippen MR) is 85.9 cm³/mol. The number of hydrogen-bond acceptors (Lipinski definition) is 4. The van der Waals surface area contributed by atoms with E-state index in [0.717, 1.165) is 31.5 Å². The zero-order chi connectivity index (χ0) is 16.8. The maximum absolute atomic E-state index is 12.6. The van der Waals surface area contributed by atoms with Gasteiger partial charge in [-0.25, -0.2) is 9.78 Å². The predicted octanol–water partition coefficient (Wildman–Crippen LogP) is 1.43. The molecule has 2 rings (SSSR count). The molecule has 0 saturated carbocycles. The van der Waals surface area contributed by atoms with Crippen molar-refractivity contribution in [1.29, 1.82) is 0 Å². The number of nitrogens with zero attached hydrogens (tertiary/aromatic N) is 4.